The molecule has 3 rings (SSSR count). The van der Waals surface area contributed by atoms with E-state index >= 15 is 0 Å². The predicted molar refractivity (Wildman–Crippen MR) is 97.9 cm³/mol. The normalized spacial score (nSPS) is 11.3. The highest BCUT2D eigenvalue weighted by Gasteiger charge is 2.17. The van der Waals surface area contributed by atoms with Crippen molar-refractivity contribution in [3.05, 3.63) is 58.7 Å². The van der Waals surface area contributed by atoms with Crippen LogP contribution in [0.2, 0.25) is 5.02 Å². The summed E-state index contributed by atoms with van der Waals surface area (Å²) in [5.41, 5.74) is 1.59. The molecule has 0 spiro atoms. The molecule has 2 aromatic heterocycles. The van der Waals surface area contributed by atoms with Gasteiger partial charge in [-0.1, -0.05) is 11.6 Å². The molecule has 3 aromatic rings. The minimum Gasteiger partial charge on any atom is -0.298 e. The first-order valence-corrected chi connectivity index (χ1v) is 10.2. The van der Waals surface area contributed by atoms with Gasteiger partial charge in [0, 0.05) is 29.6 Å². The van der Waals surface area contributed by atoms with E-state index in [0.29, 0.717) is 10.8 Å². The number of carbonyl (C=O) groups is 1. The van der Waals surface area contributed by atoms with Crippen molar-refractivity contribution in [2.45, 2.75) is 4.90 Å². The van der Waals surface area contributed by atoms with Crippen LogP contribution in [0.5, 0.6) is 0 Å². The van der Waals surface area contributed by atoms with Crippen molar-refractivity contribution in [3.63, 3.8) is 0 Å². The summed E-state index contributed by atoms with van der Waals surface area (Å²) in [4.78, 5) is 20.8. The standard InChI is InChI=1S/C16H12ClN3O3S2/c1-25(22,23)11-4-5-13(17)12(7-11)15(21)20-16-19-14(9-24-16)10-3-2-6-18-8-10/h2-9H,1H3,(H,19,20,21). The van der Waals surface area contributed by atoms with Crippen molar-refractivity contribution in [2.75, 3.05) is 11.6 Å². The molecular weight excluding hydrogens is 382 g/mol. The molecule has 0 radical (unpaired) electrons. The number of anilines is 1. The molecule has 1 aromatic carbocycles. The number of hydrogen-bond donors (Lipinski definition) is 1. The topological polar surface area (TPSA) is 89.0 Å². The number of benzene rings is 1. The Labute approximate surface area is 153 Å². The second-order valence-corrected chi connectivity index (χ2v) is 8.43. The van der Waals surface area contributed by atoms with E-state index in [0.717, 1.165) is 11.8 Å². The van der Waals surface area contributed by atoms with Crippen molar-refractivity contribution in [1.82, 2.24) is 9.97 Å². The number of nitrogens with zero attached hydrogens (tertiary/aromatic N) is 2. The van der Waals surface area contributed by atoms with Gasteiger partial charge in [-0.05, 0) is 30.3 Å². The second-order valence-electron chi connectivity index (χ2n) is 5.15. The summed E-state index contributed by atoms with van der Waals surface area (Å²) in [5.74, 6) is -0.525. The number of amides is 1. The van der Waals surface area contributed by atoms with Gasteiger partial charge in [-0.25, -0.2) is 13.4 Å². The monoisotopic (exact) mass is 393 g/mol. The molecule has 0 saturated carbocycles. The van der Waals surface area contributed by atoms with Gasteiger partial charge in [0.1, 0.15) is 0 Å². The average Bonchev–Trinajstić information content (AvgIpc) is 3.03. The maximum atomic E-state index is 12.4. The maximum Gasteiger partial charge on any atom is 0.259 e. The lowest BCUT2D eigenvalue weighted by molar-refractivity contribution is 0.102. The Morgan fingerprint density at radius 2 is 2.08 bits per heavy atom. The van der Waals surface area contributed by atoms with Gasteiger partial charge >= 0.3 is 0 Å². The second kappa shape index (κ2) is 6.91. The van der Waals surface area contributed by atoms with Crippen LogP contribution in [-0.2, 0) is 9.84 Å². The lowest BCUT2D eigenvalue weighted by atomic mass is 10.2. The third-order valence-electron chi connectivity index (χ3n) is 3.29. The Balaban J connectivity index is 1.85. The van der Waals surface area contributed by atoms with E-state index in [9.17, 15) is 13.2 Å². The quantitative estimate of drug-likeness (QED) is 0.732. The maximum absolute atomic E-state index is 12.4. The summed E-state index contributed by atoms with van der Waals surface area (Å²) in [5, 5.41) is 4.97. The molecule has 0 bridgehead atoms. The summed E-state index contributed by atoms with van der Waals surface area (Å²) in [6, 6.07) is 7.65. The van der Waals surface area contributed by atoms with Crippen LogP contribution in [0.15, 0.2) is 53.0 Å². The molecule has 0 saturated heterocycles. The fourth-order valence-corrected chi connectivity index (χ4v) is 3.62. The molecule has 0 aliphatic rings. The Bertz CT molecular complexity index is 1030. The average molecular weight is 394 g/mol. The van der Waals surface area contributed by atoms with Gasteiger partial charge in [0.25, 0.3) is 5.91 Å². The highest BCUT2D eigenvalue weighted by atomic mass is 35.5. The smallest absolute Gasteiger partial charge is 0.259 e. The van der Waals surface area contributed by atoms with Crippen LogP contribution in [-0.4, -0.2) is 30.5 Å². The lowest BCUT2D eigenvalue weighted by Gasteiger charge is -2.06. The SMILES string of the molecule is CS(=O)(=O)c1ccc(Cl)c(C(=O)Nc2nc(-c3cccnc3)cs2)c1. The number of thiazole rings is 1. The van der Waals surface area contributed by atoms with Crippen molar-refractivity contribution in [3.8, 4) is 11.3 Å². The van der Waals surface area contributed by atoms with Gasteiger partial charge in [-0.15, -0.1) is 11.3 Å². The van der Waals surface area contributed by atoms with E-state index in [1.165, 1.54) is 29.5 Å². The summed E-state index contributed by atoms with van der Waals surface area (Å²) >= 11 is 7.28. The molecule has 9 heteroatoms. The first-order valence-electron chi connectivity index (χ1n) is 7.01. The molecule has 2 heterocycles. The largest absolute Gasteiger partial charge is 0.298 e. The highest BCUT2D eigenvalue weighted by Crippen LogP contribution is 2.26. The zero-order valence-electron chi connectivity index (χ0n) is 12.9. The van der Waals surface area contributed by atoms with E-state index in [1.54, 1.807) is 23.8 Å². The summed E-state index contributed by atoms with van der Waals surface area (Å²) in [6.45, 7) is 0. The van der Waals surface area contributed by atoms with Gasteiger partial charge in [0.2, 0.25) is 0 Å². The Morgan fingerprint density at radius 3 is 2.76 bits per heavy atom. The van der Waals surface area contributed by atoms with Crippen LogP contribution < -0.4 is 5.32 Å². The molecule has 0 atom stereocenters. The molecule has 128 valence electrons. The molecule has 0 aliphatic carbocycles. The summed E-state index contributed by atoms with van der Waals surface area (Å²) < 4.78 is 23.3. The highest BCUT2D eigenvalue weighted by molar-refractivity contribution is 7.90. The minimum absolute atomic E-state index is 0.0252. The van der Waals surface area contributed by atoms with Crippen molar-refractivity contribution >= 4 is 43.8 Å². The van der Waals surface area contributed by atoms with Gasteiger partial charge < -0.3 is 0 Å². The van der Waals surface area contributed by atoms with Crippen LogP contribution >= 0.6 is 22.9 Å². The Kier molecular flexibility index (Phi) is 4.85. The van der Waals surface area contributed by atoms with Gasteiger partial charge in [0.05, 0.1) is 21.2 Å². The minimum atomic E-state index is -3.44. The molecular formula is C16H12ClN3O3S2. The van der Waals surface area contributed by atoms with Crippen LogP contribution in [0.1, 0.15) is 10.4 Å². The van der Waals surface area contributed by atoms with Crippen LogP contribution in [0.3, 0.4) is 0 Å². The molecule has 1 N–H and O–H groups in total. The lowest BCUT2D eigenvalue weighted by Crippen LogP contribution is -2.13. The first kappa shape index (κ1) is 17.5. The fourth-order valence-electron chi connectivity index (χ4n) is 2.05. The molecule has 1 amide bonds. The number of halogens is 1. The molecule has 0 unspecified atom stereocenters. The van der Waals surface area contributed by atoms with E-state index in [1.807, 2.05) is 6.07 Å². The number of sulfone groups is 1. The van der Waals surface area contributed by atoms with E-state index < -0.39 is 15.7 Å². The van der Waals surface area contributed by atoms with Crippen LogP contribution in [0, 0.1) is 0 Å². The Hall–Kier alpha value is -2.29. The van der Waals surface area contributed by atoms with Gasteiger partial charge in [0.15, 0.2) is 15.0 Å². The number of aromatic nitrogens is 2. The third-order valence-corrected chi connectivity index (χ3v) is 5.49. The molecule has 0 fully saturated rings. The predicted octanol–water partition coefficient (Wildman–Crippen LogP) is 3.51. The fraction of sp³-hybridized carbons (Fsp3) is 0.0625. The number of pyridine rings is 1. The van der Waals surface area contributed by atoms with E-state index in [-0.39, 0.29) is 15.5 Å². The summed E-state index contributed by atoms with van der Waals surface area (Å²) in [6.07, 6.45) is 4.40. The zero-order chi connectivity index (χ0) is 18.0. The van der Waals surface area contributed by atoms with Crippen molar-refractivity contribution < 1.29 is 13.2 Å². The molecule has 25 heavy (non-hydrogen) atoms. The Morgan fingerprint density at radius 1 is 1.28 bits per heavy atom. The van der Waals surface area contributed by atoms with E-state index in [4.69, 9.17) is 11.6 Å². The number of rotatable bonds is 4. The number of nitrogens with one attached hydrogen (secondary N) is 1. The molecule has 6 nitrogen and oxygen atoms in total. The van der Waals surface area contributed by atoms with Gasteiger partial charge in [-0.2, -0.15) is 0 Å². The number of carbonyl (C=O) groups excluding carboxylic acids is 1. The summed E-state index contributed by atoms with van der Waals surface area (Å²) in [7, 11) is -3.44. The number of hydrogen-bond acceptors (Lipinski definition) is 6. The molecule has 0 aliphatic heterocycles. The zero-order valence-corrected chi connectivity index (χ0v) is 15.3. The van der Waals surface area contributed by atoms with E-state index in [2.05, 4.69) is 15.3 Å². The third kappa shape index (κ3) is 4.04. The van der Waals surface area contributed by atoms with Crippen molar-refractivity contribution in [1.29, 1.82) is 0 Å². The van der Waals surface area contributed by atoms with Crippen LogP contribution in [0.25, 0.3) is 11.3 Å². The first-order chi connectivity index (χ1) is 11.8. The van der Waals surface area contributed by atoms with Crippen molar-refractivity contribution in [2.24, 2.45) is 0 Å². The van der Waals surface area contributed by atoms with Gasteiger partial charge in [-0.3, -0.25) is 15.1 Å². The van der Waals surface area contributed by atoms with Crippen LogP contribution in [0.4, 0.5) is 5.13 Å².